The summed E-state index contributed by atoms with van der Waals surface area (Å²) in [5, 5.41) is 3.29. The first-order chi connectivity index (χ1) is 7.72. The van der Waals surface area contributed by atoms with E-state index in [0.717, 1.165) is 24.4 Å². The lowest BCUT2D eigenvalue weighted by atomic mass is 10.2. The molecule has 0 saturated heterocycles. The molecule has 0 radical (unpaired) electrons. The van der Waals surface area contributed by atoms with Crippen molar-refractivity contribution in [2.45, 2.75) is 17.2 Å². The Hall–Kier alpha value is -0.260. The van der Waals surface area contributed by atoms with Crippen molar-refractivity contribution >= 4 is 23.5 Å². The number of rotatable bonds is 7. The van der Waals surface area contributed by atoms with Gasteiger partial charge in [-0.2, -0.15) is 20.5 Å². The Morgan fingerprint density at radius 1 is 1.25 bits per heavy atom. The topological polar surface area (TPSA) is 12.0 Å². The van der Waals surface area contributed by atoms with Gasteiger partial charge in [-0.3, -0.25) is 0 Å². The molecule has 1 aromatic carbocycles. The molecule has 0 heterocycles. The van der Waals surface area contributed by atoms with E-state index in [9.17, 15) is 8.78 Å². The number of hydrogen-bond donors (Lipinski definition) is 1. The summed E-state index contributed by atoms with van der Waals surface area (Å²) in [7, 11) is 0. The third kappa shape index (κ3) is 5.72. The van der Waals surface area contributed by atoms with Gasteiger partial charge in [0.15, 0.2) is 0 Å². The van der Waals surface area contributed by atoms with Gasteiger partial charge in [0.1, 0.15) is 0 Å². The summed E-state index contributed by atoms with van der Waals surface area (Å²) in [5.74, 6) is -1.26. The lowest BCUT2D eigenvalue weighted by Crippen LogP contribution is -2.16. The van der Waals surface area contributed by atoms with Crippen LogP contribution in [0.15, 0.2) is 29.2 Å². The van der Waals surface area contributed by atoms with Crippen molar-refractivity contribution in [1.82, 2.24) is 5.32 Å². The molecule has 0 saturated carbocycles. The third-order valence-corrected chi connectivity index (χ3v) is 3.30. The summed E-state index contributed by atoms with van der Waals surface area (Å²) in [5.41, 5.74) is 1.12. The predicted molar refractivity (Wildman–Crippen MR) is 68.4 cm³/mol. The Morgan fingerprint density at radius 2 is 1.94 bits per heavy atom. The van der Waals surface area contributed by atoms with Gasteiger partial charge in [0.05, 0.1) is 0 Å². The van der Waals surface area contributed by atoms with E-state index in [0.29, 0.717) is 16.7 Å². The van der Waals surface area contributed by atoms with Gasteiger partial charge in [-0.15, -0.1) is 0 Å². The molecule has 0 bridgehead atoms. The van der Waals surface area contributed by atoms with E-state index < -0.39 is 5.76 Å². The normalized spacial score (nSPS) is 11.0. The average Bonchev–Trinajstić information content (AvgIpc) is 2.26. The van der Waals surface area contributed by atoms with E-state index in [-0.39, 0.29) is 0 Å². The fourth-order valence-corrected chi connectivity index (χ4v) is 2.04. The molecule has 0 aromatic heterocycles. The van der Waals surface area contributed by atoms with Crippen molar-refractivity contribution < 1.29 is 8.78 Å². The van der Waals surface area contributed by atoms with Gasteiger partial charge in [0, 0.05) is 23.7 Å². The summed E-state index contributed by atoms with van der Waals surface area (Å²) in [4.78, 5) is 0.614. The molecule has 1 nitrogen and oxygen atoms in total. The van der Waals surface area contributed by atoms with Crippen molar-refractivity contribution in [3.8, 4) is 0 Å². The van der Waals surface area contributed by atoms with Crippen molar-refractivity contribution in [2.24, 2.45) is 0 Å². The van der Waals surface area contributed by atoms with Gasteiger partial charge in [-0.1, -0.05) is 23.9 Å². The summed E-state index contributed by atoms with van der Waals surface area (Å²) in [6.07, 6.45) is 2.07. The van der Waals surface area contributed by atoms with Crippen molar-refractivity contribution in [1.29, 1.82) is 0 Å². The van der Waals surface area contributed by atoms with Gasteiger partial charge in [0.25, 0.3) is 5.76 Å². The highest BCUT2D eigenvalue weighted by molar-refractivity contribution is 7.99. The minimum absolute atomic E-state index is 0.582. The standard InChI is InChI=1S/C11H15F2NS2/c1-15-7-6-14-8-9-2-4-10(5-3-9)16-11(12)13/h2-5,11,14H,6-8H2,1H3. The maximum atomic E-state index is 12.1. The highest BCUT2D eigenvalue weighted by Crippen LogP contribution is 2.24. The lowest BCUT2D eigenvalue weighted by molar-refractivity contribution is 0.252. The minimum atomic E-state index is -2.34. The molecule has 1 rings (SSSR count). The van der Waals surface area contributed by atoms with Crippen LogP contribution in [-0.4, -0.2) is 24.3 Å². The second kappa shape index (κ2) is 7.92. The number of halogens is 2. The summed E-state index contributed by atoms with van der Waals surface area (Å²) >= 11 is 2.38. The molecule has 0 atom stereocenters. The largest absolute Gasteiger partial charge is 0.312 e. The molecule has 1 aromatic rings. The molecular formula is C11H15F2NS2. The molecule has 16 heavy (non-hydrogen) atoms. The Morgan fingerprint density at radius 3 is 2.50 bits per heavy atom. The van der Waals surface area contributed by atoms with E-state index >= 15 is 0 Å². The Bertz CT molecular complexity index is 291. The zero-order chi connectivity index (χ0) is 11.8. The van der Waals surface area contributed by atoms with Crippen LogP contribution < -0.4 is 5.32 Å². The zero-order valence-electron chi connectivity index (χ0n) is 9.08. The third-order valence-electron chi connectivity index (χ3n) is 1.96. The van der Waals surface area contributed by atoms with Crippen LogP contribution in [0.25, 0.3) is 0 Å². The van der Waals surface area contributed by atoms with Crippen LogP contribution in [0.5, 0.6) is 0 Å². The maximum absolute atomic E-state index is 12.1. The van der Waals surface area contributed by atoms with Crippen LogP contribution in [-0.2, 0) is 6.54 Å². The molecule has 0 unspecified atom stereocenters. The second-order valence-corrected chi connectivity index (χ2v) is 5.24. The van der Waals surface area contributed by atoms with Crippen LogP contribution in [0.1, 0.15) is 5.56 Å². The number of alkyl halides is 2. The van der Waals surface area contributed by atoms with Gasteiger partial charge in [-0.05, 0) is 24.0 Å². The molecule has 0 spiro atoms. The second-order valence-electron chi connectivity index (χ2n) is 3.19. The van der Waals surface area contributed by atoms with E-state index in [1.165, 1.54) is 0 Å². The van der Waals surface area contributed by atoms with Crippen molar-refractivity contribution in [3.63, 3.8) is 0 Å². The molecule has 0 fully saturated rings. The minimum Gasteiger partial charge on any atom is -0.312 e. The van der Waals surface area contributed by atoms with Crippen LogP contribution >= 0.6 is 23.5 Å². The number of hydrogen-bond acceptors (Lipinski definition) is 3. The Kier molecular flexibility index (Phi) is 6.84. The summed E-state index contributed by atoms with van der Waals surface area (Å²) in [6.45, 7) is 1.76. The monoisotopic (exact) mass is 263 g/mol. The van der Waals surface area contributed by atoms with Gasteiger partial charge < -0.3 is 5.32 Å². The molecule has 0 aliphatic rings. The average molecular weight is 263 g/mol. The highest BCUT2D eigenvalue weighted by atomic mass is 32.2. The first kappa shape index (κ1) is 13.8. The van der Waals surface area contributed by atoms with Crippen molar-refractivity contribution in [2.75, 3.05) is 18.6 Å². The van der Waals surface area contributed by atoms with Crippen molar-refractivity contribution in [3.05, 3.63) is 29.8 Å². The summed E-state index contributed by atoms with van der Waals surface area (Å²) in [6, 6.07) is 7.25. The van der Waals surface area contributed by atoms with Crippen LogP contribution in [0, 0.1) is 0 Å². The SMILES string of the molecule is CSCCNCc1ccc(SC(F)F)cc1. The van der Waals surface area contributed by atoms with Gasteiger partial charge >= 0.3 is 0 Å². The van der Waals surface area contributed by atoms with E-state index in [2.05, 4.69) is 11.6 Å². The predicted octanol–water partition coefficient (Wildman–Crippen LogP) is 3.45. The maximum Gasteiger partial charge on any atom is 0.288 e. The molecule has 0 amide bonds. The van der Waals surface area contributed by atoms with Crippen LogP contribution in [0.4, 0.5) is 8.78 Å². The van der Waals surface area contributed by atoms with Crippen LogP contribution in [0.3, 0.4) is 0 Å². The quantitative estimate of drug-likeness (QED) is 0.598. The van der Waals surface area contributed by atoms with E-state index in [1.807, 2.05) is 12.1 Å². The number of nitrogens with one attached hydrogen (secondary N) is 1. The number of benzene rings is 1. The lowest BCUT2D eigenvalue weighted by Gasteiger charge is -2.05. The van der Waals surface area contributed by atoms with E-state index in [4.69, 9.17) is 0 Å². The molecule has 5 heteroatoms. The highest BCUT2D eigenvalue weighted by Gasteiger charge is 2.04. The molecule has 1 N–H and O–H groups in total. The first-order valence-electron chi connectivity index (χ1n) is 4.96. The molecule has 90 valence electrons. The fourth-order valence-electron chi connectivity index (χ4n) is 1.20. The first-order valence-corrected chi connectivity index (χ1v) is 7.23. The fraction of sp³-hybridized carbons (Fsp3) is 0.455. The molecule has 0 aliphatic carbocycles. The Balaban J connectivity index is 2.33. The number of thioether (sulfide) groups is 2. The Labute approximate surface area is 103 Å². The summed E-state index contributed by atoms with van der Waals surface area (Å²) < 4.78 is 24.1. The van der Waals surface area contributed by atoms with Gasteiger partial charge in [0.2, 0.25) is 0 Å². The smallest absolute Gasteiger partial charge is 0.288 e. The zero-order valence-corrected chi connectivity index (χ0v) is 10.7. The molecular weight excluding hydrogens is 248 g/mol. The van der Waals surface area contributed by atoms with E-state index in [1.54, 1.807) is 23.9 Å². The van der Waals surface area contributed by atoms with Gasteiger partial charge in [-0.25, -0.2) is 0 Å². The van der Waals surface area contributed by atoms with Crippen LogP contribution in [0.2, 0.25) is 0 Å². The molecule has 0 aliphatic heterocycles.